The van der Waals surface area contributed by atoms with Crippen LogP contribution in [0.3, 0.4) is 0 Å². The highest BCUT2D eigenvalue weighted by molar-refractivity contribution is 9.10. The summed E-state index contributed by atoms with van der Waals surface area (Å²) in [5, 5.41) is 4.70. The zero-order valence-electron chi connectivity index (χ0n) is 27.2. The number of hydrogen-bond acceptors (Lipinski definition) is 8. The number of carbonyl (C=O) groups is 2. The Morgan fingerprint density at radius 2 is 1.84 bits per heavy atom. The number of aromatic nitrogens is 4. The minimum Gasteiger partial charge on any atom is -0.463 e. The van der Waals surface area contributed by atoms with Crippen LogP contribution >= 0.6 is 27.5 Å². The van der Waals surface area contributed by atoms with Crippen LogP contribution in [0.25, 0.3) is 16.6 Å². The van der Waals surface area contributed by atoms with Crippen molar-refractivity contribution in [1.29, 1.82) is 0 Å². The van der Waals surface area contributed by atoms with Gasteiger partial charge in [-0.1, -0.05) is 44.5 Å². The molecule has 6 rings (SSSR count). The molecule has 2 atom stereocenters. The van der Waals surface area contributed by atoms with Gasteiger partial charge >= 0.3 is 5.97 Å². The average Bonchev–Trinajstić information content (AvgIpc) is 3.57. The second kappa shape index (κ2) is 13.2. The average molecular weight is 779 g/mol. The van der Waals surface area contributed by atoms with Gasteiger partial charge in [0.05, 0.1) is 28.7 Å². The molecule has 2 aromatic carbocycles. The van der Waals surface area contributed by atoms with Crippen LogP contribution in [-0.4, -0.2) is 55.5 Å². The summed E-state index contributed by atoms with van der Waals surface area (Å²) in [7, 11) is 0. The lowest BCUT2D eigenvalue weighted by Crippen LogP contribution is -2.47. The molecule has 1 aliphatic heterocycles. The predicted molar refractivity (Wildman–Crippen MR) is 181 cm³/mol. The van der Waals surface area contributed by atoms with E-state index in [1.54, 1.807) is 18.3 Å². The molecule has 50 heavy (non-hydrogen) atoms. The number of nitrogens with two attached hydrogens (primary N) is 1. The standard InChI is InChI=1S/C34H33BrClF4N7O3/c1-32(2,3)16-34(20-5-7-23-19(10-20)11-21(35)14-42-23)30(49)46(31(41)45-34)25(15-50-26(48)13-33(8-9-33)29(39)40)18-4-6-22(36)24(12-18)47-28(27(37)38)43-17-44-47/h4-7,10-12,14,17,25,27,29H,8-9,13,15-16H2,1-3H3,(H2,41,45)/t25-,34-/m1/s1. The van der Waals surface area contributed by atoms with Crippen molar-refractivity contribution in [2.45, 2.75) is 70.9 Å². The molecule has 2 aliphatic rings. The number of rotatable bonds is 11. The van der Waals surface area contributed by atoms with E-state index < -0.39 is 66.0 Å². The maximum atomic E-state index is 14.9. The lowest BCUT2D eigenvalue weighted by atomic mass is 9.75. The van der Waals surface area contributed by atoms with Crippen molar-refractivity contribution in [3.8, 4) is 5.69 Å². The maximum Gasteiger partial charge on any atom is 0.306 e. The molecular formula is C34H33BrClF4N7O3. The van der Waals surface area contributed by atoms with E-state index in [9.17, 15) is 27.2 Å². The molecule has 264 valence electrons. The Bertz CT molecular complexity index is 2000. The Balaban J connectivity index is 1.44. The summed E-state index contributed by atoms with van der Waals surface area (Å²) < 4.78 is 62.2. The van der Waals surface area contributed by atoms with Gasteiger partial charge < -0.3 is 10.5 Å². The molecule has 0 saturated heterocycles. The van der Waals surface area contributed by atoms with E-state index in [0.717, 1.165) is 20.9 Å². The summed E-state index contributed by atoms with van der Waals surface area (Å²) >= 11 is 9.90. The molecule has 4 aromatic rings. The van der Waals surface area contributed by atoms with Crippen LogP contribution in [0.1, 0.15) is 75.9 Å². The number of benzene rings is 2. The Labute approximate surface area is 298 Å². The number of guanidine groups is 1. The molecule has 1 amide bonds. The van der Waals surface area contributed by atoms with Crippen LogP contribution in [0, 0.1) is 10.8 Å². The molecule has 0 radical (unpaired) electrons. The lowest BCUT2D eigenvalue weighted by Gasteiger charge is -2.35. The first-order valence-electron chi connectivity index (χ1n) is 15.7. The number of amides is 1. The Morgan fingerprint density at radius 1 is 1.10 bits per heavy atom. The molecule has 2 N–H and O–H groups in total. The van der Waals surface area contributed by atoms with Crippen molar-refractivity contribution in [2.24, 2.45) is 21.6 Å². The summed E-state index contributed by atoms with van der Waals surface area (Å²) in [6.07, 6.45) is -2.99. The van der Waals surface area contributed by atoms with E-state index in [0.29, 0.717) is 11.1 Å². The quantitative estimate of drug-likeness (QED) is 0.122. The van der Waals surface area contributed by atoms with Crippen molar-refractivity contribution in [3.63, 3.8) is 0 Å². The first-order valence-corrected chi connectivity index (χ1v) is 16.9. The van der Waals surface area contributed by atoms with Gasteiger partial charge in [0.1, 0.15) is 12.9 Å². The van der Waals surface area contributed by atoms with Crippen LogP contribution in [-0.2, 0) is 19.9 Å². The van der Waals surface area contributed by atoms with Gasteiger partial charge in [0, 0.05) is 21.5 Å². The number of carbonyl (C=O) groups excluding carboxylic acids is 2. The Morgan fingerprint density at radius 3 is 2.50 bits per heavy atom. The normalized spacial score (nSPS) is 19.4. The molecule has 1 fully saturated rings. The van der Waals surface area contributed by atoms with E-state index in [1.807, 2.05) is 32.9 Å². The molecule has 0 spiro atoms. The van der Waals surface area contributed by atoms with Gasteiger partial charge in [-0.3, -0.25) is 19.5 Å². The Hall–Kier alpha value is -4.11. The largest absolute Gasteiger partial charge is 0.463 e. The number of pyridine rings is 1. The summed E-state index contributed by atoms with van der Waals surface area (Å²) in [5.74, 6) is -2.28. The molecule has 1 saturated carbocycles. The minimum absolute atomic E-state index is 0.0126. The topological polar surface area (TPSA) is 129 Å². The van der Waals surface area contributed by atoms with Crippen LogP contribution in [0.4, 0.5) is 17.6 Å². The lowest BCUT2D eigenvalue weighted by molar-refractivity contribution is -0.150. The smallest absolute Gasteiger partial charge is 0.306 e. The second-order valence-electron chi connectivity index (χ2n) is 13.9. The van der Waals surface area contributed by atoms with Crippen LogP contribution in [0.15, 0.2) is 64.5 Å². The molecule has 0 unspecified atom stereocenters. The van der Waals surface area contributed by atoms with E-state index in [-0.39, 0.29) is 41.5 Å². The van der Waals surface area contributed by atoms with Crippen molar-refractivity contribution in [1.82, 2.24) is 24.6 Å². The number of hydrogen-bond donors (Lipinski definition) is 1. The molecule has 2 aromatic heterocycles. The van der Waals surface area contributed by atoms with Gasteiger partial charge in [-0.25, -0.2) is 32.2 Å². The van der Waals surface area contributed by atoms with Gasteiger partial charge in [0.25, 0.3) is 12.3 Å². The van der Waals surface area contributed by atoms with Crippen molar-refractivity contribution in [2.75, 3.05) is 6.61 Å². The van der Waals surface area contributed by atoms with Crippen LogP contribution < -0.4 is 5.73 Å². The summed E-state index contributed by atoms with van der Waals surface area (Å²) in [6, 6.07) is 10.4. The first kappa shape index (κ1) is 35.7. The van der Waals surface area contributed by atoms with E-state index >= 15 is 0 Å². The van der Waals surface area contributed by atoms with E-state index in [2.05, 4.69) is 31.0 Å². The highest BCUT2D eigenvalue weighted by Crippen LogP contribution is 2.54. The summed E-state index contributed by atoms with van der Waals surface area (Å²) in [6.45, 7) is 5.35. The SMILES string of the molecule is CC(C)(C)C[C@]1(c2ccc3ncc(Br)cc3c2)N=C(N)N([C@H](COC(=O)CC2(C(F)F)CC2)c2ccc(Cl)c(-n3ncnc3C(F)F)c2)C1=O. The summed E-state index contributed by atoms with van der Waals surface area (Å²) in [4.78, 5) is 42.0. The zero-order valence-corrected chi connectivity index (χ0v) is 29.6. The van der Waals surface area contributed by atoms with Crippen molar-refractivity contribution >= 4 is 56.3 Å². The first-order chi connectivity index (χ1) is 23.5. The number of halogens is 6. The van der Waals surface area contributed by atoms with E-state index in [4.69, 9.17) is 27.1 Å². The highest BCUT2D eigenvalue weighted by Gasteiger charge is 2.54. The van der Waals surface area contributed by atoms with E-state index in [1.165, 1.54) is 23.1 Å². The fourth-order valence-corrected chi connectivity index (χ4v) is 6.93. The van der Waals surface area contributed by atoms with Gasteiger partial charge in [0.2, 0.25) is 6.43 Å². The highest BCUT2D eigenvalue weighted by atomic mass is 79.9. The minimum atomic E-state index is -2.99. The molecule has 1 aliphatic carbocycles. The van der Waals surface area contributed by atoms with Gasteiger partial charge in [-0.2, -0.15) is 5.10 Å². The third kappa shape index (κ3) is 6.81. The molecule has 0 bridgehead atoms. The molecule has 16 heteroatoms. The van der Waals surface area contributed by atoms with Crippen molar-refractivity contribution < 1.29 is 31.9 Å². The second-order valence-corrected chi connectivity index (χ2v) is 15.2. The number of alkyl halides is 4. The van der Waals surface area contributed by atoms with Gasteiger partial charge in [-0.05, 0) is 82.1 Å². The maximum absolute atomic E-state index is 14.9. The van der Waals surface area contributed by atoms with Gasteiger partial charge in [-0.15, -0.1) is 0 Å². The fraction of sp³-hybridized carbons (Fsp3) is 0.412. The van der Waals surface area contributed by atoms with Gasteiger partial charge in [0.15, 0.2) is 17.3 Å². The molecular weight excluding hydrogens is 746 g/mol. The zero-order chi connectivity index (χ0) is 36.2. The van der Waals surface area contributed by atoms with Crippen molar-refractivity contribution in [3.05, 3.63) is 81.4 Å². The predicted octanol–water partition coefficient (Wildman–Crippen LogP) is 7.68. The Kier molecular flexibility index (Phi) is 9.44. The summed E-state index contributed by atoms with van der Waals surface area (Å²) in [5.41, 5.74) is 4.69. The fourth-order valence-electron chi connectivity index (χ4n) is 6.38. The number of ether oxygens (including phenoxy) is 1. The molecule has 3 heterocycles. The number of aliphatic imine (C=N–C) groups is 1. The number of esters is 1. The molecule has 10 nitrogen and oxygen atoms in total. The monoisotopic (exact) mass is 777 g/mol. The number of nitrogens with zero attached hydrogens (tertiary/aromatic N) is 6. The third-order valence-electron chi connectivity index (χ3n) is 8.95. The third-order valence-corrected chi connectivity index (χ3v) is 9.71. The van der Waals surface area contributed by atoms with Crippen LogP contribution in [0.5, 0.6) is 0 Å². The number of fused-ring (bicyclic) bond motifs is 1. The van der Waals surface area contributed by atoms with Crippen LogP contribution in [0.2, 0.25) is 5.02 Å².